The van der Waals surface area contributed by atoms with E-state index in [4.69, 9.17) is 0 Å². The summed E-state index contributed by atoms with van der Waals surface area (Å²) in [6, 6.07) is 5.76. The fourth-order valence-corrected chi connectivity index (χ4v) is 3.92. The zero-order chi connectivity index (χ0) is 19.1. The van der Waals surface area contributed by atoms with Gasteiger partial charge in [0.2, 0.25) is 0 Å². The zero-order valence-electron chi connectivity index (χ0n) is 15.3. The SMILES string of the molecule is O=C(c1cnn2cccnc12)N1CCC(O)(Cn2ccc3ccncc32)CC1. The predicted octanol–water partition coefficient (Wildman–Crippen LogP) is 1.75. The number of aromatic nitrogens is 5. The van der Waals surface area contributed by atoms with Crippen LogP contribution in [-0.4, -0.2) is 58.8 Å². The van der Waals surface area contributed by atoms with Crippen LogP contribution in [-0.2, 0) is 6.54 Å². The van der Waals surface area contributed by atoms with Crippen LogP contribution in [0.5, 0.6) is 0 Å². The Morgan fingerprint density at radius 2 is 2.00 bits per heavy atom. The molecule has 1 N–H and O–H groups in total. The minimum Gasteiger partial charge on any atom is -0.388 e. The van der Waals surface area contributed by atoms with Crippen LogP contribution in [0.15, 0.2) is 55.4 Å². The van der Waals surface area contributed by atoms with Crippen molar-refractivity contribution >= 4 is 22.5 Å². The van der Waals surface area contributed by atoms with Crippen molar-refractivity contribution in [2.45, 2.75) is 25.0 Å². The second kappa shape index (κ2) is 6.42. The van der Waals surface area contributed by atoms with Gasteiger partial charge in [0.1, 0.15) is 5.56 Å². The van der Waals surface area contributed by atoms with Crippen LogP contribution < -0.4 is 0 Å². The van der Waals surface area contributed by atoms with Gasteiger partial charge < -0.3 is 14.6 Å². The highest BCUT2D eigenvalue weighted by Crippen LogP contribution is 2.27. The Morgan fingerprint density at radius 3 is 2.86 bits per heavy atom. The van der Waals surface area contributed by atoms with Gasteiger partial charge in [-0.25, -0.2) is 9.50 Å². The van der Waals surface area contributed by atoms with Crippen molar-refractivity contribution in [3.05, 3.63) is 60.9 Å². The monoisotopic (exact) mass is 376 g/mol. The fourth-order valence-electron chi connectivity index (χ4n) is 3.92. The summed E-state index contributed by atoms with van der Waals surface area (Å²) in [6.45, 7) is 1.48. The van der Waals surface area contributed by atoms with E-state index < -0.39 is 5.60 Å². The summed E-state index contributed by atoms with van der Waals surface area (Å²) in [7, 11) is 0. The summed E-state index contributed by atoms with van der Waals surface area (Å²) in [5.74, 6) is -0.0913. The molecule has 0 saturated carbocycles. The lowest BCUT2D eigenvalue weighted by atomic mass is 9.91. The molecule has 0 radical (unpaired) electrons. The summed E-state index contributed by atoms with van der Waals surface area (Å²) < 4.78 is 3.63. The summed E-state index contributed by atoms with van der Waals surface area (Å²) in [5, 5.41) is 16.4. The third-order valence-electron chi connectivity index (χ3n) is 5.53. The second-order valence-corrected chi connectivity index (χ2v) is 7.34. The summed E-state index contributed by atoms with van der Waals surface area (Å²) >= 11 is 0. The molecule has 0 bridgehead atoms. The molecular formula is C20H20N6O2. The van der Waals surface area contributed by atoms with Crippen LogP contribution in [0.3, 0.4) is 0 Å². The van der Waals surface area contributed by atoms with Crippen molar-refractivity contribution in [3.63, 3.8) is 0 Å². The second-order valence-electron chi connectivity index (χ2n) is 7.34. The molecule has 142 valence electrons. The normalized spacial score (nSPS) is 16.7. The third-order valence-corrected chi connectivity index (χ3v) is 5.53. The topological polar surface area (TPSA) is 88.5 Å². The van der Waals surface area contributed by atoms with E-state index in [1.807, 2.05) is 29.1 Å². The highest BCUT2D eigenvalue weighted by Gasteiger charge is 2.35. The molecule has 1 saturated heterocycles. The van der Waals surface area contributed by atoms with Gasteiger partial charge >= 0.3 is 0 Å². The highest BCUT2D eigenvalue weighted by atomic mass is 16.3. The Hall–Kier alpha value is -3.26. The molecule has 0 aliphatic carbocycles. The first kappa shape index (κ1) is 16.9. The standard InChI is InChI=1S/C20H20N6O2/c27-19(16-12-23-26-8-1-6-22-18(16)26)24-10-4-20(28,5-11-24)14-25-9-3-15-2-7-21-13-17(15)25/h1-3,6-9,12-13,28H,4-5,10-11,14H2. The fraction of sp³-hybridized carbons (Fsp3) is 0.300. The molecule has 0 spiro atoms. The van der Waals surface area contributed by atoms with Gasteiger partial charge in [0.05, 0.1) is 30.1 Å². The highest BCUT2D eigenvalue weighted by molar-refractivity contribution is 5.99. The molecule has 5 heterocycles. The first-order valence-corrected chi connectivity index (χ1v) is 9.32. The van der Waals surface area contributed by atoms with Crippen molar-refractivity contribution in [1.29, 1.82) is 0 Å². The maximum absolute atomic E-state index is 12.9. The molecular weight excluding hydrogens is 356 g/mol. The van der Waals surface area contributed by atoms with Crippen molar-refractivity contribution in [2.75, 3.05) is 13.1 Å². The van der Waals surface area contributed by atoms with Crippen LogP contribution in [0.4, 0.5) is 0 Å². The minimum atomic E-state index is -0.849. The molecule has 1 aliphatic rings. The Kier molecular flexibility index (Phi) is 3.87. The van der Waals surface area contributed by atoms with Gasteiger partial charge in [-0.1, -0.05) is 0 Å². The number of pyridine rings is 1. The van der Waals surface area contributed by atoms with E-state index in [-0.39, 0.29) is 5.91 Å². The van der Waals surface area contributed by atoms with Crippen LogP contribution in [0.1, 0.15) is 23.2 Å². The number of carbonyl (C=O) groups excluding carboxylic acids is 1. The molecule has 28 heavy (non-hydrogen) atoms. The van der Waals surface area contributed by atoms with Crippen molar-refractivity contribution in [2.24, 2.45) is 0 Å². The number of hydrogen-bond acceptors (Lipinski definition) is 5. The number of likely N-dealkylation sites (tertiary alicyclic amines) is 1. The van der Waals surface area contributed by atoms with Gasteiger partial charge in [-0.2, -0.15) is 5.10 Å². The molecule has 8 nitrogen and oxygen atoms in total. The Bertz CT molecular complexity index is 1160. The van der Waals surface area contributed by atoms with E-state index in [9.17, 15) is 9.90 Å². The van der Waals surface area contributed by atoms with Crippen LogP contribution in [0.2, 0.25) is 0 Å². The number of amides is 1. The van der Waals surface area contributed by atoms with E-state index in [0.29, 0.717) is 43.7 Å². The van der Waals surface area contributed by atoms with Gasteiger partial charge in [-0.3, -0.25) is 9.78 Å². The lowest BCUT2D eigenvalue weighted by molar-refractivity contribution is -0.0283. The van der Waals surface area contributed by atoms with Crippen LogP contribution in [0.25, 0.3) is 16.6 Å². The molecule has 0 atom stereocenters. The van der Waals surface area contributed by atoms with Crippen LogP contribution >= 0.6 is 0 Å². The molecule has 5 rings (SSSR count). The quantitative estimate of drug-likeness (QED) is 0.588. The summed E-state index contributed by atoms with van der Waals surface area (Å²) in [5.41, 5.74) is 1.21. The van der Waals surface area contributed by atoms with Crippen molar-refractivity contribution in [3.8, 4) is 0 Å². The molecule has 4 aromatic rings. The number of aliphatic hydroxyl groups is 1. The molecule has 4 aromatic heterocycles. The van der Waals surface area contributed by atoms with E-state index in [1.165, 1.54) is 0 Å². The number of fused-ring (bicyclic) bond motifs is 2. The zero-order valence-corrected chi connectivity index (χ0v) is 15.3. The smallest absolute Gasteiger partial charge is 0.259 e. The maximum Gasteiger partial charge on any atom is 0.259 e. The Morgan fingerprint density at radius 1 is 1.14 bits per heavy atom. The average Bonchev–Trinajstić information content (AvgIpc) is 3.32. The van der Waals surface area contributed by atoms with E-state index in [1.54, 1.807) is 40.3 Å². The molecule has 1 amide bonds. The molecule has 8 heteroatoms. The lowest BCUT2D eigenvalue weighted by Gasteiger charge is -2.38. The summed E-state index contributed by atoms with van der Waals surface area (Å²) in [4.78, 5) is 23.1. The largest absolute Gasteiger partial charge is 0.388 e. The first-order chi connectivity index (χ1) is 13.6. The number of piperidine rings is 1. The number of hydrogen-bond donors (Lipinski definition) is 1. The third kappa shape index (κ3) is 2.82. The van der Waals surface area contributed by atoms with E-state index in [0.717, 1.165) is 10.9 Å². The van der Waals surface area contributed by atoms with Gasteiger partial charge in [0.15, 0.2) is 5.65 Å². The predicted molar refractivity (Wildman–Crippen MR) is 103 cm³/mol. The van der Waals surface area contributed by atoms with Crippen molar-refractivity contribution in [1.82, 2.24) is 29.0 Å². The van der Waals surface area contributed by atoms with Crippen molar-refractivity contribution < 1.29 is 9.90 Å². The maximum atomic E-state index is 12.9. The molecule has 0 unspecified atom stereocenters. The Balaban J connectivity index is 1.31. The lowest BCUT2D eigenvalue weighted by Crippen LogP contribution is -2.48. The number of rotatable bonds is 3. The van der Waals surface area contributed by atoms with Gasteiger partial charge in [0.25, 0.3) is 5.91 Å². The van der Waals surface area contributed by atoms with E-state index >= 15 is 0 Å². The van der Waals surface area contributed by atoms with Crippen LogP contribution in [0, 0.1) is 0 Å². The average molecular weight is 376 g/mol. The molecule has 0 aromatic carbocycles. The number of nitrogens with zero attached hydrogens (tertiary/aromatic N) is 6. The number of carbonyl (C=O) groups is 1. The Labute approximate surface area is 161 Å². The van der Waals surface area contributed by atoms with Gasteiger partial charge in [-0.05, 0) is 31.0 Å². The summed E-state index contributed by atoms with van der Waals surface area (Å²) in [6.07, 6.45) is 11.6. The molecule has 1 aliphatic heterocycles. The minimum absolute atomic E-state index is 0.0913. The van der Waals surface area contributed by atoms with Gasteiger partial charge in [-0.15, -0.1) is 0 Å². The first-order valence-electron chi connectivity index (χ1n) is 9.32. The van der Waals surface area contributed by atoms with Gasteiger partial charge in [0, 0.05) is 43.3 Å². The molecule has 1 fully saturated rings. The van der Waals surface area contributed by atoms with E-state index in [2.05, 4.69) is 15.1 Å².